The number of aliphatic hydroxyl groups excluding tert-OH is 1. The normalized spacial score (nSPS) is 28.4. The zero-order valence-corrected chi connectivity index (χ0v) is 6.59. The summed E-state index contributed by atoms with van der Waals surface area (Å²) >= 11 is 0. The van der Waals surface area contributed by atoms with Crippen LogP contribution in [-0.2, 0) is 0 Å². The summed E-state index contributed by atoms with van der Waals surface area (Å²) in [6.07, 6.45) is 9.09. The van der Waals surface area contributed by atoms with Crippen molar-refractivity contribution in [2.45, 2.75) is 38.7 Å². The van der Waals surface area contributed by atoms with Crippen molar-refractivity contribution in [3.05, 3.63) is 12.2 Å². The first-order valence-electron chi connectivity index (χ1n) is 4.14. The van der Waals surface area contributed by atoms with Crippen molar-refractivity contribution in [1.82, 2.24) is 0 Å². The van der Waals surface area contributed by atoms with Gasteiger partial charge in [-0.1, -0.05) is 12.2 Å². The molecule has 0 spiro atoms. The van der Waals surface area contributed by atoms with E-state index in [1.807, 2.05) is 6.92 Å². The average Bonchev–Trinajstić information content (AvgIpc) is 1.88. The van der Waals surface area contributed by atoms with Crippen LogP contribution in [0, 0.1) is 5.92 Å². The molecule has 1 N–H and O–H groups in total. The lowest BCUT2D eigenvalue weighted by Crippen LogP contribution is -2.09. The molecule has 0 bridgehead atoms. The summed E-state index contributed by atoms with van der Waals surface area (Å²) in [5, 5.41) is 9.07. The van der Waals surface area contributed by atoms with Gasteiger partial charge in [-0.05, 0) is 38.5 Å². The average molecular weight is 140 g/mol. The molecule has 1 rings (SSSR count). The van der Waals surface area contributed by atoms with Crippen molar-refractivity contribution < 1.29 is 5.11 Å². The van der Waals surface area contributed by atoms with Crippen molar-refractivity contribution in [3.8, 4) is 0 Å². The molecule has 0 aromatic carbocycles. The quantitative estimate of drug-likeness (QED) is 0.582. The van der Waals surface area contributed by atoms with Gasteiger partial charge in [0.05, 0.1) is 6.10 Å². The van der Waals surface area contributed by atoms with Crippen LogP contribution >= 0.6 is 0 Å². The maximum absolute atomic E-state index is 9.07. The lowest BCUT2D eigenvalue weighted by molar-refractivity contribution is 0.166. The van der Waals surface area contributed by atoms with E-state index in [2.05, 4.69) is 12.2 Å². The van der Waals surface area contributed by atoms with Crippen LogP contribution in [-0.4, -0.2) is 11.2 Å². The van der Waals surface area contributed by atoms with Crippen LogP contribution in [0.5, 0.6) is 0 Å². The summed E-state index contributed by atoms with van der Waals surface area (Å²) in [6, 6.07) is 0. The summed E-state index contributed by atoms with van der Waals surface area (Å²) in [7, 11) is 0. The monoisotopic (exact) mass is 140 g/mol. The second-order valence-electron chi connectivity index (χ2n) is 3.20. The van der Waals surface area contributed by atoms with E-state index in [4.69, 9.17) is 5.11 Å². The van der Waals surface area contributed by atoms with Crippen LogP contribution in [0.15, 0.2) is 12.2 Å². The van der Waals surface area contributed by atoms with Gasteiger partial charge in [-0.25, -0.2) is 0 Å². The SMILES string of the molecule is C[C@@H](O)C[C@@H]1C=CCCC1. The van der Waals surface area contributed by atoms with E-state index < -0.39 is 0 Å². The van der Waals surface area contributed by atoms with Crippen molar-refractivity contribution in [1.29, 1.82) is 0 Å². The number of hydrogen-bond acceptors (Lipinski definition) is 1. The van der Waals surface area contributed by atoms with Gasteiger partial charge in [0.15, 0.2) is 0 Å². The van der Waals surface area contributed by atoms with Crippen molar-refractivity contribution in [2.24, 2.45) is 5.92 Å². The predicted octanol–water partition coefficient (Wildman–Crippen LogP) is 2.11. The van der Waals surface area contributed by atoms with Crippen molar-refractivity contribution in [3.63, 3.8) is 0 Å². The molecule has 1 heteroatoms. The van der Waals surface area contributed by atoms with Crippen molar-refractivity contribution >= 4 is 0 Å². The minimum Gasteiger partial charge on any atom is -0.393 e. The summed E-state index contributed by atoms with van der Waals surface area (Å²) in [6.45, 7) is 1.86. The molecule has 0 amide bonds. The molecule has 1 aliphatic carbocycles. The lowest BCUT2D eigenvalue weighted by Gasteiger charge is -2.17. The van der Waals surface area contributed by atoms with Gasteiger partial charge in [0.25, 0.3) is 0 Å². The molecular formula is C9H16O. The first-order chi connectivity index (χ1) is 4.79. The molecule has 0 aromatic rings. The molecule has 0 aromatic heterocycles. The third kappa shape index (κ3) is 2.53. The molecule has 0 fully saturated rings. The summed E-state index contributed by atoms with van der Waals surface area (Å²) < 4.78 is 0. The van der Waals surface area contributed by atoms with E-state index >= 15 is 0 Å². The molecule has 0 radical (unpaired) electrons. The van der Waals surface area contributed by atoms with E-state index in [0.717, 1.165) is 6.42 Å². The Morgan fingerprint density at radius 1 is 1.70 bits per heavy atom. The molecule has 0 aliphatic heterocycles. The molecule has 0 saturated carbocycles. The largest absolute Gasteiger partial charge is 0.393 e. The van der Waals surface area contributed by atoms with Crippen LogP contribution in [0.25, 0.3) is 0 Å². The molecule has 10 heavy (non-hydrogen) atoms. The third-order valence-electron chi connectivity index (χ3n) is 2.00. The van der Waals surface area contributed by atoms with Gasteiger partial charge >= 0.3 is 0 Å². The Hall–Kier alpha value is -0.300. The summed E-state index contributed by atoms with van der Waals surface area (Å²) in [5.41, 5.74) is 0. The van der Waals surface area contributed by atoms with Gasteiger partial charge < -0.3 is 5.11 Å². The van der Waals surface area contributed by atoms with Crippen LogP contribution < -0.4 is 0 Å². The zero-order chi connectivity index (χ0) is 7.40. The molecule has 1 aliphatic rings. The van der Waals surface area contributed by atoms with Gasteiger partial charge in [0.1, 0.15) is 0 Å². The molecular weight excluding hydrogens is 124 g/mol. The first-order valence-corrected chi connectivity index (χ1v) is 4.14. The predicted molar refractivity (Wildman–Crippen MR) is 42.8 cm³/mol. The van der Waals surface area contributed by atoms with Gasteiger partial charge in [0, 0.05) is 0 Å². The lowest BCUT2D eigenvalue weighted by atomic mass is 9.91. The fourth-order valence-electron chi connectivity index (χ4n) is 1.52. The number of allylic oxidation sites excluding steroid dienone is 2. The Bertz CT molecular complexity index is 116. The number of hydrogen-bond donors (Lipinski definition) is 1. The third-order valence-corrected chi connectivity index (χ3v) is 2.00. The van der Waals surface area contributed by atoms with E-state index in [1.165, 1.54) is 19.3 Å². The van der Waals surface area contributed by atoms with Crippen molar-refractivity contribution in [2.75, 3.05) is 0 Å². The summed E-state index contributed by atoms with van der Waals surface area (Å²) in [4.78, 5) is 0. The minimum atomic E-state index is -0.132. The highest BCUT2D eigenvalue weighted by molar-refractivity contribution is 4.93. The molecule has 58 valence electrons. The van der Waals surface area contributed by atoms with Gasteiger partial charge in [-0.15, -0.1) is 0 Å². The molecule has 2 atom stereocenters. The highest BCUT2D eigenvalue weighted by Gasteiger charge is 2.09. The zero-order valence-electron chi connectivity index (χ0n) is 6.59. The molecule has 0 unspecified atom stereocenters. The molecule has 0 saturated heterocycles. The Morgan fingerprint density at radius 3 is 3.00 bits per heavy atom. The van der Waals surface area contributed by atoms with E-state index in [0.29, 0.717) is 5.92 Å². The van der Waals surface area contributed by atoms with E-state index in [9.17, 15) is 0 Å². The Balaban J connectivity index is 2.26. The standard InChI is InChI=1S/C9H16O/c1-8(10)7-9-5-3-2-4-6-9/h3,5,8-10H,2,4,6-7H2,1H3/t8-,9-/m1/s1. The van der Waals surface area contributed by atoms with Crippen LogP contribution in [0.2, 0.25) is 0 Å². The van der Waals surface area contributed by atoms with Gasteiger partial charge in [-0.3, -0.25) is 0 Å². The second kappa shape index (κ2) is 3.77. The summed E-state index contributed by atoms with van der Waals surface area (Å²) in [5.74, 6) is 0.647. The van der Waals surface area contributed by atoms with Crippen LogP contribution in [0.4, 0.5) is 0 Å². The highest BCUT2D eigenvalue weighted by atomic mass is 16.3. The van der Waals surface area contributed by atoms with E-state index in [1.54, 1.807) is 0 Å². The topological polar surface area (TPSA) is 20.2 Å². The Morgan fingerprint density at radius 2 is 2.50 bits per heavy atom. The molecule has 1 nitrogen and oxygen atoms in total. The van der Waals surface area contributed by atoms with Crippen LogP contribution in [0.3, 0.4) is 0 Å². The maximum atomic E-state index is 9.07. The molecule has 0 heterocycles. The Labute approximate surface area is 62.8 Å². The Kier molecular flexibility index (Phi) is 2.94. The maximum Gasteiger partial charge on any atom is 0.0517 e. The minimum absolute atomic E-state index is 0.132. The van der Waals surface area contributed by atoms with Gasteiger partial charge in [0.2, 0.25) is 0 Å². The number of rotatable bonds is 2. The van der Waals surface area contributed by atoms with E-state index in [-0.39, 0.29) is 6.10 Å². The number of aliphatic hydroxyl groups is 1. The first kappa shape index (κ1) is 7.80. The highest BCUT2D eigenvalue weighted by Crippen LogP contribution is 2.21. The fraction of sp³-hybridized carbons (Fsp3) is 0.778. The van der Waals surface area contributed by atoms with Gasteiger partial charge in [-0.2, -0.15) is 0 Å². The smallest absolute Gasteiger partial charge is 0.0517 e. The second-order valence-corrected chi connectivity index (χ2v) is 3.20. The fourth-order valence-corrected chi connectivity index (χ4v) is 1.52. The van der Waals surface area contributed by atoms with Crippen LogP contribution in [0.1, 0.15) is 32.6 Å².